The van der Waals surface area contributed by atoms with Gasteiger partial charge in [-0.25, -0.2) is 22.5 Å². The van der Waals surface area contributed by atoms with Crippen LogP contribution >= 0.6 is 7.75 Å². The minimum Gasteiger partial charge on any atom is -0.493 e. The SMILES string of the molecule is CCCCCCc1nc(C)c2c(=O)[nH]c(-c3cc(S(=O)(=O)N4CC=C(NP(=O)(OCC)OCC)CC4)ccc3OCC)nn12. The van der Waals surface area contributed by atoms with E-state index in [1.165, 1.54) is 16.4 Å². The fourth-order valence-corrected chi connectivity index (χ4v) is 7.95. The Hall–Kier alpha value is -3.03. The Morgan fingerprint density at radius 1 is 1.07 bits per heavy atom. The zero-order chi connectivity index (χ0) is 31.9. The van der Waals surface area contributed by atoms with Crippen LogP contribution in [0.15, 0.2) is 39.7 Å². The number of H-pyrrole nitrogens is 1. The fourth-order valence-electron chi connectivity index (χ4n) is 5.10. The molecule has 1 aliphatic rings. The van der Waals surface area contributed by atoms with E-state index in [0.29, 0.717) is 53.5 Å². The number of rotatable bonds is 16. The Labute approximate surface area is 258 Å². The number of unbranched alkanes of at least 4 members (excludes halogenated alkanes) is 3. The quantitative estimate of drug-likeness (QED) is 0.160. The van der Waals surface area contributed by atoms with Crippen LogP contribution in [0.25, 0.3) is 16.9 Å². The van der Waals surface area contributed by atoms with E-state index in [1.54, 1.807) is 37.4 Å². The standard InChI is InChI=1S/C29H43N6O7PS/c1-6-10-11-12-13-26-30-21(5)27-29(36)31-28(32-35(26)27)24-20-23(14-15-25(24)40-7-2)44(38,39)34-18-16-22(17-19-34)33-43(37,41-8-3)42-9-4/h14-16,20H,6-13,17-19H2,1-5H3,(H,33,37)(H,31,32,36). The molecule has 1 aromatic carbocycles. The van der Waals surface area contributed by atoms with E-state index in [4.69, 9.17) is 18.9 Å². The average molecular weight is 651 g/mol. The van der Waals surface area contributed by atoms with Crippen molar-refractivity contribution in [3.05, 3.63) is 51.8 Å². The number of aromatic amines is 1. The van der Waals surface area contributed by atoms with Crippen LogP contribution in [-0.2, 0) is 30.1 Å². The van der Waals surface area contributed by atoms with Crippen LogP contribution in [0.4, 0.5) is 0 Å². The Morgan fingerprint density at radius 2 is 1.82 bits per heavy atom. The molecule has 44 heavy (non-hydrogen) atoms. The van der Waals surface area contributed by atoms with Crippen molar-refractivity contribution in [2.45, 2.75) is 78.0 Å². The Bertz CT molecular complexity index is 1690. The van der Waals surface area contributed by atoms with Crippen molar-refractivity contribution in [1.29, 1.82) is 0 Å². The van der Waals surface area contributed by atoms with Crippen LogP contribution in [0.2, 0.25) is 0 Å². The predicted molar refractivity (Wildman–Crippen MR) is 168 cm³/mol. The summed E-state index contributed by atoms with van der Waals surface area (Å²) < 4.78 is 59.7. The number of hydrogen-bond donors (Lipinski definition) is 2. The first-order chi connectivity index (χ1) is 21.1. The van der Waals surface area contributed by atoms with Crippen molar-refractivity contribution < 1.29 is 26.8 Å². The largest absolute Gasteiger partial charge is 0.493 e. The van der Waals surface area contributed by atoms with Gasteiger partial charge in [0.05, 0.1) is 36.0 Å². The summed E-state index contributed by atoms with van der Waals surface area (Å²) in [6.45, 7) is 10.1. The molecule has 0 spiro atoms. The van der Waals surface area contributed by atoms with Gasteiger partial charge in [-0.05, 0) is 58.4 Å². The molecule has 3 aromatic rings. The van der Waals surface area contributed by atoms with Gasteiger partial charge in [0, 0.05) is 31.6 Å². The molecule has 2 aromatic heterocycles. The molecule has 1 aliphatic heterocycles. The molecule has 4 rings (SSSR count). The summed E-state index contributed by atoms with van der Waals surface area (Å²) in [5.41, 5.74) is 1.52. The number of imidazole rings is 1. The lowest BCUT2D eigenvalue weighted by Gasteiger charge is -2.28. The van der Waals surface area contributed by atoms with Crippen molar-refractivity contribution in [3.63, 3.8) is 0 Å². The maximum absolute atomic E-state index is 13.8. The topological polar surface area (TPSA) is 157 Å². The van der Waals surface area contributed by atoms with Crippen LogP contribution in [0, 0.1) is 6.92 Å². The zero-order valence-electron chi connectivity index (χ0n) is 26.1. The molecular formula is C29H43N6O7PS. The van der Waals surface area contributed by atoms with Gasteiger partial charge in [0.15, 0.2) is 11.3 Å². The molecule has 15 heteroatoms. The second kappa shape index (κ2) is 14.8. The maximum Gasteiger partial charge on any atom is 0.432 e. The number of sulfonamides is 1. The molecule has 0 saturated heterocycles. The molecule has 242 valence electrons. The second-order valence-electron chi connectivity index (χ2n) is 10.4. The van der Waals surface area contributed by atoms with E-state index in [2.05, 4.69) is 22.0 Å². The van der Waals surface area contributed by atoms with Gasteiger partial charge in [0.2, 0.25) is 10.0 Å². The Kier molecular flexibility index (Phi) is 11.4. The number of benzene rings is 1. The van der Waals surface area contributed by atoms with Gasteiger partial charge in [-0.15, -0.1) is 5.10 Å². The molecule has 13 nitrogen and oxygen atoms in total. The Balaban J connectivity index is 1.66. The number of nitrogens with one attached hydrogen (secondary N) is 2. The first-order valence-electron chi connectivity index (χ1n) is 15.2. The first kappa shape index (κ1) is 33.9. The molecule has 0 bridgehead atoms. The normalized spacial score (nSPS) is 14.6. The van der Waals surface area contributed by atoms with Crippen molar-refractivity contribution in [1.82, 2.24) is 29.0 Å². The second-order valence-corrected chi connectivity index (χ2v) is 14.0. The van der Waals surface area contributed by atoms with Gasteiger partial charge in [0.1, 0.15) is 11.6 Å². The summed E-state index contributed by atoms with van der Waals surface area (Å²) in [5.74, 6) is 1.26. The van der Waals surface area contributed by atoms with E-state index in [9.17, 15) is 17.8 Å². The fraction of sp³-hybridized carbons (Fsp3) is 0.552. The van der Waals surface area contributed by atoms with E-state index < -0.39 is 17.8 Å². The molecule has 2 N–H and O–H groups in total. The third-order valence-electron chi connectivity index (χ3n) is 7.19. The minimum absolute atomic E-state index is 0.0272. The van der Waals surface area contributed by atoms with E-state index >= 15 is 0 Å². The third-order valence-corrected chi connectivity index (χ3v) is 10.8. The molecular weight excluding hydrogens is 607 g/mol. The molecule has 3 heterocycles. The predicted octanol–water partition coefficient (Wildman–Crippen LogP) is 4.96. The molecule has 0 saturated carbocycles. The van der Waals surface area contributed by atoms with Crippen LogP contribution < -0.4 is 15.4 Å². The lowest BCUT2D eigenvalue weighted by molar-refractivity contribution is 0.213. The molecule has 0 fully saturated rings. The molecule has 0 atom stereocenters. The first-order valence-corrected chi connectivity index (χ1v) is 18.2. The number of hydrogen-bond acceptors (Lipinski definition) is 9. The number of nitrogens with zero attached hydrogens (tertiary/aromatic N) is 4. The highest BCUT2D eigenvalue weighted by Crippen LogP contribution is 2.45. The van der Waals surface area contributed by atoms with Gasteiger partial charge >= 0.3 is 7.75 Å². The van der Waals surface area contributed by atoms with Crippen molar-refractivity contribution >= 4 is 23.3 Å². The molecule has 0 radical (unpaired) electrons. The summed E-state index contributed by atoms with van der Waals surface area (Å²) in [6.07, 6.45) is 6.82. The maximum atomic E-state index is 13.8. The smallest absolute Gasteiger partial charge is 0.432 e. The van der Waals surface area contributed by atoms with Gasteiger partial charge in [-0.3, -0.25) is 18.9 Å². The lowest BCUT2D eigenvalue weighted by Crippen LogP contribution is -2.36. The highest BCUT2D eigenvalue weighted by Gasteiger charge is 2.31. The van der Waals surface area contributed by atoms with Gasteiger partial charge in [-0.2, -0.15) is 4.31 Å². The lowest BCUT2D eigenvalue weighted by atomic mass is 10.1. The van der Waals surface area contributed by atoms with E-state index in [1.807, 2.05) is 6.92 Å². The highest BCUT2D eigenvalue weighted by molar-refractivity contribution is 7.89. The van der Waals surface area contributed by atoms with Crippen molar-refractivity contribution in [3.8, 4) is 17.1 Å². The summed E-state index contributed by atoms with van der Waals surface area (Å²) in [6, 6.07) is 4.54. The van der Waals surface area contributed by atoms with E-state index in [-0.39, 0.29) is 42.6 Å². The molecule has 0 unspecified atom stereocenters. The number of aromatic nitrogens is 4. The van der Waals surface area contributed by atoms with Crippen LogP contribution in [-0.4, -0.2) is 65.2 Å². The zero-order valence-corrected chi connectivity index (χ0v) is 27.8. The van der Waals surface area contributed by atoms with Crippen LogP contribution in [0.1, 0.15) is 71.3 Å². The number of aryl methyl sites for hydroxylation is 2. The van der Waals surface area contributed by atoms with Crippen molar-refractivity contribution in [2.24, 2.45) is 0 Å². The van der Waals surface area contributed by atoms with Gasteiger partial charge < -0.3 is 9.72 Å². The monoisotopic (exact) mass is 650 g/mol. The Morgan fingerprint density at radius 3 is 2.45 bits per heavy atom. The molecule has 0 aliphatic carbocycles. The molecule has 0 amide bonds. The van der Waals surface area contributed by atoms with Crippen LogP contribution in [0.5, 0.6) is 5.75 Å². The van der Waals surface area contributed by atoms with E-state index in [0.717, 1.165) is 25.7 Å². The van der Waals surface area contributed by atoms with Crippen molar-refractivity contribution in [2.75, 3.05) is 32.9 Å². The number of fused-ring (bicyclic) bond motifs is 1. The minimum atomic E-state index is -3.95. The summed E-state index contributed by atoms with van der Waals surface area (Å²) in [5, 5.41) is 7.55. The third kappa shape index (κ3) is 7.60. The summed E-state index contributed by atoms with van der Waals surface area (Å²) >= 11 is 0. The highest BCUT2D eigenvalue weighted by atomic mass is 32.2. The average Bonchev–Trinajstić information content (AvgIpc) is 3.31. The van der Waals surface area contributed by atoms with Crippen LogP contribution in [0.3, 0.4) is 0 Å². The number of ether oxygens (including phenoxy) is 1. The summed E-state index contributed by atoms with van der Waals surface area (Å²) in [7, 11) is -7.49. The van der Waals surface area contributed by atoms with Gasteiger partial charge in [-0.1, -0.05) is 26.2 Å². The van der Waals surface area contributed by atoms with Gasteiger partial charge in [0.25, 0.3) is 5.56 Å². The summed E-state index contributed by atoms with van der Waals surface area (Å²) in [4.78, 5) is 20.7.